The van der Waals surface area contributed by atoms with Crippen molar-refractivity contribution >= 4 is 17.7 Å². The SMILES string of the molecule is CCCC1=Cc2c(ncc(-c3ccnc(N)n3)c2NC2CCC(N)CC2)C1. The highest BCUT2D eigenvalue weighted by Crippen LogP contribution is 2.39. The van der Waals surface area contributed by atoms with E-state index in [9.17, 15) is 0 Å². The van der Waals surface area contributed by atoms with Crippen molar-refractivity contribution in [2.45, 2.75) is 64.0 Å². The minimum Gasteiger partial charge on any atom is -0.381 e. The Morgan fingerprint density at radius 2 is 2.00 bits per heavy atom. The topological polar surface area (TPSA) is 103 Å². The second-order valence-electron chi connectivity index (χ2n) is 7.69. The Hall–Kier alpha value is -2.47. The van der Waals surface area contributed by atoms with Gasteiger partial charge in [-0.05, 0) is 38.2 Å². The second kappa shape index (κ2) is 7.64. The van der Waals surface area contributed by atoms with E-state index in [1.54, 1.807) is 6.20 Å². The molecular weight excluding hydrogens is 336 g/mol. The fourth-order valence-electron chi connectivity index (χ4n) is 4.16. The maximum Gasteiger partial charge on any atom is 0.220 e. The van der Waals surface area contributed by atoms with Crippen LogP contribution < -0.4 is 16.8 Å². The molecule has 0 amide bonds. The van der Waals surface area contributed by atoms with Crippen molar-refractivity contribution in [1.29, 1.82) is 0 Å². The Labute approximate surface area is 160 Å². The summed E-state index contributed by atoms with van der Waals surface area (Å²) in [6, 6.07) is 2.66. The maximum atomic E-state index is 6.09. The van der Waals surface area contributed by atoms with Crippen LogP contribution >= 0.6 is 0 Å². The molecule has 2 heterocycles. The molecule has 2 aliphatic carbocycles. The summed E-state index contributed by atoms with van der Waals surface area (Å²) in [5, 5.41) is 3.81. The van der Waals surface area contributed by atoms with E-state index >= 15 is 0 Å². The number of anilines is 2. The quantitative estimate of drug-likeness (QED) is 0.750. The van der Waals surface area contributed by atoms with E-state index in [1.807, 2.05) is 12.3 Å². The standard InChI is InChI=1S/C21H28N6/c1-2-3-13-10-16-19(11-13)25-12-17(18-8-9-24-21(23)27-18)20(16)26-15-6-4-14(22)5-7-15/h8-10,12,14-15H,2-7,11,22H2,1H3,(H,25,26)(H2,23,24,27). The van der Waals surface area contributed by atoms with Gasteiger partial charge in [0.25, 0.3) is 0 Å². The molecule has 6 nitrogen and oxygen atoms in total. The van der Waals surface area contributed by atoms with Gasteiger partial charge in [0, 0.05) is 42.0 Å². The van der Waals surface area contributed by atoms with Gasteiger partial charge in [0.05, 0.1) is 17.1 Å². The first kappa shape index (κ1) is 17.9. The van der Waals surface area contributed by atoms with Crippen molar-refractivity contribution in [3.8, 4) is 11.3 Å². The molecule has 0 atom stereocenters. The Bertz CT molecular complexity index is 852. The lowest BCUT2D eigenvalue weighted by atomic mass is 9.91. The van der Waals surface area contributed by atoms with Crippen LogP contribution in [0.15, 0.2) is 24.0 Å². The number of nitrogens with one attached hydrogen (secondary N) is 1. The Morgan fingerprint density at radius 1 is 1.19 bits per heavy atom. The van der Waals surface area contributed by atoms with Crippen molar-refractivity contribution < 1.29 is 0 Å². The maximum absolute atomic E-state index is 6.09. The summed E-state index contributed by atoms with van der Waals surface area (Å²) in [5.74, 6) is 0.282. The molecule has 0 spiro atoms. The molecule has 1 saturated carbocycles. The number of allylic oxidation sites excluding steroid dienone is 1. The molecule has 27 heavy (non-hydrogen) atoms. The third-order valence-electron chi connectivity index (χ3n) is 5.58. The van der Waals surface area contributed by atoms with Crippen LogP contribution in [0.25, 0.3) is 17.3 Å². The smallest absolute Gasteiger partial charge is 0.220 e. The molecule has 0 aromatic carbocycles. The van der Waals surface area contributed by atoms with Crippen LogP contribution in [-0.2, 0) is 6.42 Å². The molecule has 1 fully saturated rings. The first-order valence-electron chi connectivity index (χ1n) is 9.96. The lowest BCUT2D eigenvalue weighted by Crippen LogP contribution is -2.33. The highest BCUT2D eigenvalue weighted by Gasteiger charge is 2.25. The van der Waals surface area contributed by atoms with Crippen LogP contribution in [0.4, 0.5) is 11.6 Å². The van der Waals surface area contributed by atoms with Crippen LogP contribution in [-0.4, -0.2) is 27.0 Å². The van der Waals surface area contributed by atoms with Gasteiger partial charge in [-0.3, -0.25) is 4.98 Å². The fraction of sp³-hybridized carbons (Fsp3) is 0.476. The van der Waals surface area contributed by atoms with Crippen molar-refractivity contribution in [1.82, 2.24) is 15.0 Å². The van der Waals surface area contributed by atoms with Gasteiger partial charge in [0.1, 0.15) is 0 Å². The zero-order valence-corrected chi connectivity index (χ0v) is 15.9. The van der Waals surface area contributed by atoms with E-state index in [1.165, 1.54) is 11.1 Å². The van der Waals surface area contributed by atoms with E-state index in [4.69, 9.17) is 16.5 Å². The van der Waals surface area contributed by atoms with Crippen molar-refractivity contribution in [3.05, 3.63) is 35.3 Å². The van der Waals surface area contributed by atoms with Crippen LogP contribution in [0, 0.1) is 0 Å². The molecule has 0 aliphatic heterocycles. The summed E-state index contributed by atoms with van der Waals surface area (Å²) in [4.78, 5) is 13.2. The zero-order chi connectivity index (χ0) is 18.8. The Kier molecular flexibility index (Phi) is 5.07. The molecule has 0 unspecified atom stereocenters. The van der Waals surface area contributed by atoms with Gasteiger partial charge in [0.15, 0.2) is 0 Å². The number of pyridine rings is 1. The molecule has 5 N–H and O–H groups in total. The van der Waals surface area contributed by atoms with Gasteiger partial charge in [-0.1, -0.05) is 25.0 Å². The zero-order valence-electron chi connectivity index (χ0n) is 15.9. The van der Waals surface area contributed by atoms with Crippen LogP contribution in [0.3, 0.4) is 0 Å². The summed E-state index contributed by atoms with van der Waals surface area (Å²) in [6.45, 7) is 2.22. The minimum absolute atomic E-state index is 0.282. The van der Waals surface area contributed by atoms with Gasteiger partial charge < -0.3 is 16.8 Å². The van der Waals surface area contributed by atoms with E-state index in [-0.39, 0.29) is 5.95 Å². The number of hydrogen-bond donors (Lipinski definition) is 3. The van der Waals surface area contributed by atoms with Gasteiger partial charge in [-0.15, -0.1) is 0 Å². The predicted octanol–water partition coefficient (Wildman–Crippen LogP) is 3.54. The number of hydrogen-bond acceptors (Lipinski definition) is 6. The van der Waals surface area contributed by atoms with E-state index in [0.717, 1.165) is 67.6 Å². The van der Waals surface area contributed by atoms with Gasteiger partial charge >= 0.3 is 0 Å². The molecule has 0 radical (unpaired) electrons. The lowest BCUT2D eigenvalue weighted by molar-refractivity contribution is 0.411. The third-order valence-corrected chi connectivity index (χ3v) is 5.58. The van der Waals surface area contributed by atoms with Crippen molar-refractivity contribution in [3.63, 3.8) is 0 Å². The molecule has 0 saturated heterocycles. The van der Waals surface area contributed by atoms with E-state index in [2.05, 4.69) is 28.3 Å². The minimum atomic E-state index is 0.282. The Morgan fingerprint density at radius 3 is 2.74 bits per heavy atom. The van der Waals surface area contributed by atoms with Crippen LogP contribution in [0.1, 0.15) is 56.7 Å². The average Bonchev–Trinajstić information content (AvgIpc) is 3.07. The van der Waals surface area contributed by atoms with Crippen LogP contribution in [0.5, 0.6) is 0 Å². The number of aromatic nitrogens is 3. The number of nitrogens with zero attached hydrogens (tertiary/aromatic N) is 3. The van der Waals surface area contributed by atoms with Gasteiger partial charge in [0.2, 0.25) is 5.95 Å². The summed E-state index contributed by atoms with van der Waals surface area (Å²) >= 11 is 0. The number of fused-ring (bicyclic) bond motifs is 1. The lowest BCUT2D eigenvalue weighted by Gasteiger charge is -2.29. The molecule has 2 aromatic heterocycles. The predicted molar refractivity (Wildman–Crippen MR) is 110 cm³/mol. The highest BCUT2D eigenvalue weighted by molar-refractivity contribution is 5.86. The number of rotatable bonds is 5. The van der Waals surface area contributed by atoms with Crippen molar-refractivity contribution in [2.75, 3.05) is 11.1 Å². The summed E-state index contributed by atoms with van der Waals surface area (Å²) in [7, 11) is 0. The molecule has 2 aliphatic rings. The van der Waals surface area contributed by atoms with Gasteiger partial charge in [-0.25, -0.2) is 9.97 Å². The second-order valence-corrected chi connectivity index (χ2v) is 7.69. The Balaban J connectivity index is 1.74. The summed E-state index contributed by atoms with van der Waals surface area (Å²) in [5.41, 5.74) is 18.7. The molecule has 0 bridgehead atoms. The summed E-state index contributed by atoms with van der Waals surface area (Å²) < 4.78 is 0. The van der Waals surface area contributed by atoms with Crippen LogP contribution in [0.2, 0.25) is 0 Å². The number of nitrogens with two attached hydrogens (primary N) is 2. The fourth-order valence-corrected chi connectivity index (χ4v) is 4.16. The molecule has 6 heteroatoms. The molecular formula is C21H28N6. The van der Waals surface area contributed by atoms with E-state index < -0.39 is 0 Å². The van der Waals surface area contributed by atoms with E-state index in [0.29, 0.717) is 12.1 Å². The first-order chi connectivity index (χ1) is 13.1. The highest BCUT2D eigenvalue weighted by atomic mass is 15.0. The molecule has 4 rings (SSSR count). The normalized spacial score (nSPS) is 21.6. The first-order valence-corrected chi connectivity index (χ1v) is 9.96. The largest absolute Gasteiger partial charge is 0.381 e. The van der Waals surface area contributed by atoms with Crippen molar-refractivity contribution in [2.24, 2.45) is 5.73 Å². The average molecular weight is 364 g/mol. The number of nitrogen functional groups attached to an aromatic ring is 1. The monoisotopic (exact) mass is 364 g/mol. The molecule has 2 aromatic rings. The summed E-state index contributed by atoms with van der Waals surface area (Å²) in [6.07, 6.45) is 13.5. The third kappa shape index (κ3) is 3.81. The van der Waals surface area contributed by atoms with Gasteiger partial charge in [-0.2, -0.15) is 0 Å². The molecule has 142 valence electrons.